The molecule has 2 aromatic carbocycles. The number of carbonyl (C=O) groups excluding carboxylic acids is 3. The molecule has 4 aliphatic heterocycles. The number of ether oxygens (including phenoxy) is 2. The van der Waals surface area contributed by atoms with Gasteiger partial charge in [0.15, 0.2) is 6.04 Å². The summed E-state index contributed by atoms with van der Waals surface area (Å²) in [5, 5.41) is 0. The molecule has 5 heterocycles. The molecule has 0 N–H and O–H groups in total. The molecule has 0 bridgehead atoms. The Morgan fingerprint density at radius 1 is 1.09 bits per heavy atom. The number of anilines is 1. The number of halogens is 2. The first-order chi connectivity index (χ1) is 21.8. The van der Waals surface area contributed by atoms with Gasteiger partial charge in [-0.2, -0.15) is 0 Å². The van der Waals surface area contributed by atoms with Crippen LogP contribution in [0.2, 0.25) is 0 Å². The SMILES string of the molecule is CCOC(=O)C(c1ncn2c1CC(F)C2)N1Cc2c(F)cc(-c3ccc(N4CC5(CN(C(=O)OC(C)(C)C)C5)C4)cc3)cc2C1=O. The number of aromatic nitrogens is 2. The molecular formula is C34H37F2N5O5. The molecule has 1 aromatic heterocycles. The summed E-state index contributed by atoms with van der Waals surface area (Å²) in [5.41, 5.74) is 3.06. The van der Waals surface area contributed by atoms with Crippen LogP contribution in [0.5, 0.6) is 0 Å². The van der Waals surface area contributed by atoms with Gasteiger partial charge in [0, 0.05) is 60.5 Å². The van der Waals surface area contributed by atoms with Gasteiger partial charge in [0.1, 0.15) is 17.6 Å². The van der Waals surface area contributed by atoms with E-state index in [1.54, 1.807) is 22.5 Å². The zero-order chi connectivity index (χ0) is 32.5. The maximum atomic E-state index is 15.6. The Balaban J connectivity index is 1.06. The largest absolute Gasteiger partial charge is 0.464 e. The van der Waals surface area contributed by atoms with E-state index >= 15 is 4.39 Å². The van der Waals surface area contributed by atoms with Crippen molar-refractivity contribution >= 4 is 23.7 Å². The fourth-order valence-electron chi connectivity index (χ4n) is 7.12. The third-order valence-corrected chi connectivity index (χ3v) is 9.21. The first-order valence-corrected chi connectivity index (χ1v) is 15.7. The van der Waals surface area contributed by atoms with Crippen molar-refractivity contribution in [3.05, 3.63) is 71.1 Å². The second kappa shape index (κ2) is 10.8. The third-order valence-electron chi connectivity index (χ3n) is 9.21. The molecule has 7 rings (SSSR count). The average molecular weight is 634 g/mol. The lowest BCUT2D eigenvalue weighted by Crippen LogP contribution is -2.73. The van der Waals surface area contributed by atoms with Crippen molar-refractivity contribution in [1.82, 2.24) is 19.4 Å². The Labute approximate surface area is 265 Å². The van der Waals surface area contributed by atoms with Crippen LogP contribution in [0, 0.1) is 11.2 Å². The van der Waals surface area contributed by atoms with Crippen molar-refractivity contribution in [3.8, 4) is 11.1 Å². The van der Waals surface area contributed by atoms with E-state index < -0.39 is 35.5 Å². The fraction of sp³-hybridized carbons (Fsp3) is 0.471. The van der Waals surface area contributed by atoms with E-state index in [1.807, 2.05) is 45.0 Å². The van der Waals surface area contributed by atoms with Crippen LogP contribution in [-0.4, -0.2) is 81.9 Å². The Bertz CT molecular complexity index is 1720. The number of hydrogen-bond acceptors (Lipinski definition) is 7. The summed E-state index contributed by atoms with van der Waals surface area (Å²) in [5.74, 6) is -1.73. The van der Waals surface area contributed by atoms with Crippen molar-refractivity contribution in [1.29, 1.82) is 0 Å². The van der Waals surface area contributed by atoms with Gasteiger partial charge in [-0.3, -0.25) is 4.79 Å². The molecular weight excluding hydrogens is 596 g/mol. The molecule has 46 heavy (non-hydrogen) atoms. The monoisotopic (exact) mass is 633 g/mol. The number of nitrogens with zero attached hydrogens (tertiary/aromatic N) is 5. The van der Waals surface area contributed by atoms with Crippen LogP contribution in [0.4, 0.5) is 19.3 Å². The highest BCUT2D eigenvalue weighted by Crippen LogP contribution is 2.43. The van der Waals surface area contributed by atoms with Gasteiger partial charge in [-0.25, -0.2) is 23.4 Å². The molecule has 2 fully saturated rings. The molecule has 2 amide bonds. The second-order valence-corrected chi connectivity index (χ2v) is 13.8. The minimum absolute atomic E-state index is 0.0799. The molecule has 10 nitrogen and oxygen atoms in total. The summed E-state index contributed by atoms with van der Waals surface area (Å²) >= 11 is 0. The van der Waals surface area contributed by atoms with Crippen LogP contribution in [0.25, 0.3) is 11.1 Å². The van der Waals surface area contributed by atoms with Gasteiger partial charge < -0.3 is 28.7 Å². The van der Waals surface area contributed by atoms with E-state index in [0.717, 1.165) is 24.3 Å². The summed E-state index contributed by atoms with van der Waals surface area (Å²) in [4.78, 5) is 48.9. The van der Waals surface area contributed by atoms with Gasteiger partial charge in [0.2, 0.25) is 0 Å². The van der Waals surface area contributed by atoms with Gasteiger partial charge in [0.05, 0.1) is 31.7 Å². The number of imidazole rings is 1. The zero-order valence-electron chi connectivity index (χ0n) is 26.4. The number of hydrogen-bond donors (Lipinski definition) is 0. The van der Waals surface area contributed by atoms with Crippen molar-refractivity contribution in [2.24, 2.45) is 5.41 Å². The maximum Gasteiger partial charge on any atom is 0.410 e. The Morgan fingerprint density at radius 2 is 1.80 bits per heavy atom. The molecule has 4 aliphatic rings. The van der Waals surface area contributed by atoms with Crippen LogP contribution in [-0.2, 0) is 33.8 Å². The number of carbonyl (C=O) groups is 3. The van der Waals surface area contributed by atoms with Gasteiger partial charge in [-0.1, -0.05) is 12.1 Å². The molecule has 2 atom stereocenters. The van der Waals surface area contributed by atoms with Crippen molar-refractivity contribution in [3.63, 3.8) is 0 Å². The lowest BCUT2D eigenvalue weighted by molar-refractivity contribution is -0.149. The molecule has 1 spiro atoms. The third kappa shape index (κ3) is 5.17. The normalized spacial score (nSPS) is 20.3. The Kier molecular flexibility index (Phi) is 7.09. The molecule has 0 saturated carbocycles. The highest BCUT2D eigenvalue weighted by atomic mass is 19.1. The number of fused-ring (bicyclic) bond motifs is 2. The smallest absolute Gasteiger partial charge is 0.410 e. The van der Waals surface area contributed by atoms with Crippen LogP contribution in [0.3, 0.4) is 0 Å². The van der Waals surface area contributed by atoms with E-state index in [2.05, 4.69) is 9.88 Å². The highest BCUT2D eigenvalue weighted by Gasteiger charge is 2.54. The number of alkyl halides is 1. The van der Waals surface area contributed by atoms with E-state index in [0.29, 0.717) is 24.3 Å². The summed E-state index contributed by atoms with van der Waals surface area (Å²) in [6, 6.07) is 9.59. The number of esters is 1. The zero-order valence-corrected chi connectivity index (χ0v) is 26.4. The Morgan fingerprint density at radius 3 is 2.48 bits per heavy atom. The molecule has 2 unspecified atom stereocenters. The minimum atomic E-state index is -1.21. The van der Waals surface area contributed by atoms with Crippen molar-refractivity contribution in [2.75, 3.05) is 37.7 Å². The quantitative estimate of drug-likeness (QED) is 0.357. The molecule has 0 aliphatic carbocycles. The minimum Gasteiger partial charge on any atom is -0.464 e. The number of likely N-dealkylation sites (tertiary alicyclic amines) is 1. The van der Waals surface area contributed by atoms with Gasteiger partial charge >= 0.3 is 12.1 Å². The van der Waals surface area contributed by atoms with Gasteiger partial charge in [0.25, 0.3) is 5.91 Å². The Hall–Kier alpha value is -4.48. The summed E-state index contributed by atoms with van der Waals surface area (Å²) in [7, 11) is 0. The van der Waals surface area contributed by atoms with E-state index in [1.165, 1.54) is 17.3 Å². The topological polar surface area (TPSA) is 97.2 Å². The van der Waals surface area contributed by atoms with Crippen LogP contribution >= 0.6 is 0 Å². The predicted octanol–water partition coefficient (Wildman–Crippen LogP) is 4.90. The van der Waals surface area contributed by atoms with Crippen LogP contribution in [0.15, 0.2) is 42.7 Å². The summed E-state index contributed by atoms with van der Waals surface area (Å²) in [6.07, 6.45) is 0.169. The molecule has 2 saturated heterocycles. The lowest BCUT2D eigenvalue weighted by Gasteiger charge is -2.60. The van der Waals surface area contributed by atoms with Gasteiger partial charge in [-0.05, 0) is 63.1 Å². The van der Waals surface area contributed by atoms with Crippen molar-refractivity contribution < 1.29 is 32.6 Å². The lowest BCUT2D eigenvalue weighted by atomic mass is 9.73. The second-order valence-electron chi connectivity index (χ2n) is 13.8. The number of benzene rings is 2. The fourth-order valence-corrected chi connectivity index (χ4v) is 7.12. The molecule has 3 aromatic rings. The molecule has 0 radical (unpaired) electrons. The molecule has 242 valence electrons. The van der Waals surface area contributed by atoms with E-state index in [-0.39, 0.29) is 54.4 Å². The number of rotatable bonds is 6. The first-order valence-electron chi connectivity index (χ1n) is 15.7. The summed E-state index contributed by atoms with van der Waals surface area (Å²) < 4.78 is 42.2. The van der Waals surface area contributed by atoms with Crippen LogP contribution < -0.4 is 4.90 Å². The van der Waals surface area contributed by atoms with Crippen LogP contribution in [0.1, 0.15) is 61.0 Å². The number of amides is 2. The average Bonchev–Trinajstić information content (AvgIpc) is 3.60. The summed E-state index contributed by atoms with van der Waals surface area (Å²) in [6.45, 7) is 10.3. The van der Waals surface area contributed by atoms with Crippen molar-refractivity contribution in [2.45, 2.75) is 65.0 Å². The first kappa shape index (κ1) is 30.2. The predicted molar refractivity (Wildman–Crippen MR) is 164 cm³/mol. The van der Waals surface area contributed by atoms with Gasteiger partial charge in [-0.15, -0.1) is 0 Å². The van der Waals surface area contributed by atoms with E-state index in [9.17, 15) is 18.8 Å². The maximum absolute atomic E-state index is 15.6. The highest BCUT2D eigenvalue weighted by molar-refractivity contribution is 6.02. The molecule has 12 heteroatoms. The van der Waals surface area contributed by atoms with E-state index in [4.69, 9.17) is 9.47 Å². The standard InChI is InChI=1S/C34H37F2N5O5/c1-5-45-31(43)29(28-27-12-22(35)13-38(27)19-37-28)41-14-25-24(30(41)42)10-21(11-26(25)36)20-6-8-23(9-7-20)39-15-34(16-39)17-40(18-34)32(44)46-33(2,3)4/h6-11,19,22,29H,5,12-18H2,1-4H3.